The van der Waals surface area contributed by atoms with Crippen molar-refractivity contribution in [2.45, 2.75) is 25.3 Å². The van der Waals surface area contributed by atoms with Crippen molar-refractivity contribution in [1.29, 1.82) is 0 Å². The van der Waals surface area contributed by atoms with E-state index in [1.807, 2.05) is 36.5 Å². The maximum absolute atomic E-state index is 11.7. The highest BCUT2D eigenvalue weighted by atomic mass is 16.1. The number of pyridine rings is 1. The molecule has 1 aromatic heterocycles. The van der Waals surface area contributed by atoms with Gasteiger partial charge in [0, 0.05) is 23.9 Å². The fourth-order valence-electron chi connectivity index (χ4n) is 2.42. The van der Waals surface area contributed by atoms with Crippen molar-refractivity contribution in [2.75, 3.05) is 0 Å². The molecule has 1 aliphatic carbocycles. The van der Waals surface area contributed by atoms with Crippen molar-refractivity contribution < 1.29 is 4.79 Å². The number of carbonyl (C=O) groups is 1. The maximum atomic E-state index is 11.7. The first-order chi connectivity index (χ1) is 8.34. The van der Waals surface area contributed by atoms with E-state index in [2.05, 4.69) is 10.3 Å². The molecule has 1 unspecified atom stereocenters. The fraction of sp³-hybridized carbons (Fsp3) is 0.286. The third kappa shape index (κ3) is 1.88. The fourth-order valence-corrected chi connectivity index (χ4v) is 2.42. The highest BCUT2D eigenvalue weighted by Crippen LogP contribution is 2.30. The second-order valence-electron chi connectivity index (χ2n) is 4.41. The Morgan fingerprint density at radius 1 is 1.35 bits per heavy atom. The normalized spacial score (nSPS) is 23.3. The second kappa shape index (κ2) is 4.17. The van der Waals surface area contributed by atoms with Crippen LogP contribution in [0.2, 0.25) is 0 Å². The number of hydrogen-bond acceptors (Lipinski definition) is 3. The van der Waals surface area contributed by atoms with Gasteiger partial charge in [0.25, 0.3) is 0 Å². The predicted molar refractivity (Wildman–Crippen MR) is 65.1 cm³/mol. The highest BCUT2D eigenvalue weighted by Gasteiger charge is 2.25. The molecule has 3 rings (SSSR count). The zero-order valence-electron chi connectivity index (χ0n) is 9.52. The van der Waals surface area contributed by atoms with Gasteiger partial charge in [0.15, 0.2) is 5.78 Å². The van der Waals surface area contributed by atoms with Crippen LogP contribution < -0.4 is 5.32 Å². The van der Waals surface area contributed by atoms with Gasteiger partial charge in [0.1, 0.15) is 0 Å². The van der Waals surface area contributed by atoms with E-state index in [9.17, 15) is 4.79 Å². The molecule has 1 aromatic rings. The topological polar surface area (TPSA) is 42.0 Å². The Hall–Kier alpha value is -1.90. The van der Waals surface area contributed by atoms with E-state index >= 15 is 0 Å². The first kappa shape index (κ1) is 10.3. The van der Waals surface area contributed by atoms with Gasteiger partial charge in [-0.15, -0.1) is 0 Å². The number of aromatic nitrogens is 1. The molecule has 2 heterocycles. The summed E-state index contributed by atoms with van der Waals surface area (Å²) in [7, 11) is 0. The average molecular weight is 226 g/mol. The molecule has 0 spiro atoms. The van der Waals surface area contributed by atoms with Crippen LogP contribution in [0, 0.1) is 0 Å². The third-order valence-electron chi connectivity index (χ3n) is 3.31. The molecule has 0 aromatic carbocycles. The summed E-state index contributed by atoms with van der Waals surface area (Å²) in [6.45, 7) is 0. The van der Waals surface area contributed by atoms with E-state index in [4.69, 9.17) is 0 Å². The first-order valence-corrected chi connectivity index (χ1v) is 5.95. The van der Waals surface area contributed by atoms with Crippen LogP contribution in [0.3, 0.4) is 0 Å². The minimum absolute atomic E-state index is 0.227. The lowest BCUT2D eigenvalue weighted by Crippen LogP contribution is -2.29. The molecule has 0 saturated heterocycles. The number of nitrogens with zero attached hydrogens (tertiary/aromatic N) is 1. The van der Waals surface area contributed by atoms with Crippen LogP contribution in [0.25, 0.3) is 0 Å². The summed E-state index contributed by atoms with van der Waals surface area (Å²) in [5.41, 5.74) is 2.99. The van der Waals surface area contributed by atoms with Gasteiger partial charge in [-0.05, 0) is 31.1 Å². The number of ketones is 1. The van der Waals surface area contributed by atoms with E-state index in [1.165, 1.54) is 0 Å². The molecule has 86 valence electrons. The van der Waals surface area contributed by atoms with Gasteiger partial charge in [-0.1, -0.05) is 12.1 Å². The van der Waals surface area contributed by atoms with Crippen molar-refractivity contribution >= 4 is 5.78 Å². The third-order valence-corrected chi connectivity index (χ3v) is 3.31. The SMILES string of the molecule is O=C1CC=CC2=C1CCC(c1ccccn1)N2. The highest BCUT2D eigenvalue weighted by molar-refractivity contribution is 5.98. The van der Waals surface area contributed by atoms with Crippen molar-refractivity contribution in [3.05, 3.63) is 53.5 Å². The Labute approximate surface area is 100 Å². The molecule has 0 saturated carbocycles. The largest absolute Gasteiger partial charge is 0.376 e. The lowest BCUT2D eigenvalue weighted by Gasteiger charge is -2.28. The number of hydrogen-bond donors (Lipinski definition) is 1. The van der Waals surface area contributed by atoms with E-state index in [1.54, 1.807) is 0 Å². The summed E-state index contributed by atoms with van der Waals surface area (Å²) in [5, 5.41) is 3.41. The van der Waals surface area contributed by atoms with Gasteiger partial charge < -0.3 is 5.32 Å². The molecule has 1 aliphatic heterocycles. The number of allylic oxidation sites excluding steroid dienone is 3. The standard InChI is InChI=1S/C14H14N2O/c17-14-6-3-5-11-10(14)7-8-13(16-11)12-4-1-2-9-15-12/h1-5,9,13,16H,6-8H2. The summed E-state index contributed by atoms with van der Waals surface area (Å²) in [6.07, 6.45) is 8.10. The van der Waals surface area contributed by atoms with Crippen LogP contribution in [0.1, 0.15) is 31.0 Å². The number of nitrogens with one attached hydrogen (secondary N) is 1. The predicted octanol–water partition coefficient (Wildman–Crippen LogP) is 2.29. The number of carbonyl (C=O) groups excluding carboxylic acids is 1. The van der Waals surface area contributed by atoms with Crippen molar-refractivity contribution in [3.63, 3.8) is 0 Å². The van der Waals surface area contributed by atoms with Crippen LogP contribution in [0.5, 0.6) is 0 Å². The lowest BCUT2D eigenvalue weighted by molar-refractivity contribution is -0.115. The van der Waals surface area contributed by atoms with Crippen molar-refractivity contribution in [1.82, 2.24) is 10.3 Å². The van der Waals surface area contributed by atoms with Crippen molar-refractivity contribution in [3.8, 4) is 0 Å². The van der Waals surface area contributed by atoms with Crippen LogP contribution in [0.4, 0.5) is 0 Å². The molecule has 2 aliphatic rings. The first-order valence-electron chi connectivity index (χ1n) is 5.95. The number of Topliss-reactive ketones (excluding diaryl/α,β-unsaturated/α-hetero) is 1. The maximum Gasteiger partial charge on any atom is 0.164 e. The minimum Gasteiger partial charge on any atom is -0.376 e. The molecule has 3 nitrogen and oxygen atoms in total. The van der Waals surface area contributed by atoms with E-state index < -0.39 is 0 Å². The van der Waals surface area contributed by atoms with Crippen LogP contribution in [-0.4, -0.2) is 10.8 Å². The zero-order valence-corrected chi connectivity index (χ0v) is 9.52. The molecule has 0 bridgehead atoms. The molecule has 17 heavy (non-hydrogen) atoms. The molecule has 1 N–H and O–H groups in total. The molecule has 0 radical (unpaired) electrons. The zero-order chi connectivity index (χ0) is 11.7. The molecule has 0 fully saturated rings. The second-order valence-corrected chi connectivity index (χ2v) is 4.41. The van der Waals surface area contributed by atoms with E-state index in [0.717, 1.165) is 29.8 Å². The smallest absolute Gasteiger partial charge is 0.164 e. The summed E-state index contributed by atoms with van der Waals surface area (Å²) in [5.74, 6) is 0.259. The monoisotopic (exact) mass is 226 g/mol. The van der Waals surface area contributed by atoms with Crippen LogP contribution >= 0.6 is 0 Å². The molecular formula is C14H14N2O. The van der Waals surface area contributed by atoms with E-state index in [-0.39, 0.29) is 11.8 Å². The van der Waals surface area contributed by atoms with Crippen LogP contribution in [0.15, 0.2) is 47.8 Å². The Morgan fingerprint density at radius 3 is 3.12 bits per heavy atom. The Morgan fingerprint density at radius 2 is 2.29 bits per heavy atom. The summed E-state index contributed by atoms with van der Waals surface area (Å²) < 4.78 is 0. The molecule has 0 amide bonds. The Kier molecular flexibility index (Phi) is 2.52. The van der Waals surface area contributed by atoms with Gasteiger partial charge in [-0.2, -0.15) is 0 Å². The Balaban J connectivity index is 1.87. The van der Waals surface area contributed by atoms with Crippen LogP contribution in [-0.2, 0) is 4.79 Å². The quantitative estimate of drug-likeness (QED) is 0.798. The van der Waals surface area contributed by atoms with Gasteiger partial charge in [0.05, 0.1) is 11.7 Å². The summed E-state index contributed by atoms with van der Waals surface area (Å²) in [4.78, 5) is 16.1. The summed E-state index contributed by atoms with van der Waals surface area (Å²) >= 11 is 0. The lowest BCUT2D eigenvalue weighted by atomic mass is 9.89. The average Bonchev–Trinajstić information content (AvgIpc) is 2.40. The minimum atomic E-state index is 0.227. The van der Waals surface area contributed by atoms with E-state index in [0.29, 0.717) is 6.42 Å². The molecular weight excluding hydrogens is 212 g/mol. The summed E-state index contributed by atoms with van der Waals surface area (Å²) in [6, 6.07) is 6.17. The Bertz CT molecular complexity index is 502. The van der Waals surface area contributed by atoms with Crippen molar-refractivity contribution in [2.24, 2.45) is 0 Å². The van der Waals surface area contributed by atoms with Gasteiger partial charge >= 0.3 is 0 Å². The van der Waals surface area contributed by atoms with Gasteiger partial charge in [-0.3, -0.25) is 9.78 Å². The molecule has 3 heteroatoms. The number of rotatable bonds is 1. The van der Waals surface area contributed by atoms with Gasteiger partial charge in [-0.25, -0.2) is 0 Å². The molecule has 1 atom stereocenters. The van der Waals surface area contributed by atoms with Gasteiger partial charge in [0.2, 0.25) is 0 Å².